The molecule has 2 saturated heterocycles. The Balaban J connectivity index is 1.62. The number of ether oxygens (including phenoxy) is 1. The summed E-state index contributed by atoms with van der Waals surface area (Å²) in [6, 6.07) is 0. The second-order valence-electron chi connectivity index (χ2n) is 5.64. The molecule has 2 aliphatic heterocycles. The third kappa shape index (κ3) is 3.46. The molecule has 2 aliphatic rings. The van der Waals surface area contributed by atoms with E-state index in [1.54, 1.807) is 5.38 Å². The molecule has 0 aliphatic carbocycles. The first-order chi connectivity index (χ1) is 10.7. The van der Waals surface area contributed by atoms with Crippen LogP contribution < -0.4 is 11.1 Å². The summed E-state index contributed by atoms with van der Waals surface area (Å²) in [5, 5.41) is 5.66. The molecule has 8 heteroatoms. The van der Waals surface area contributed by atoms with Crippen molar-refractivity contribution in [1.82, 2.24) is 15.2 Å². The van der Waals surface area contributed by atoms with Crippen molar-refractivity contribution in [2.75, 3.05) is 44.4 Å². The molecule has 22 heavy (non-hydrogen) atoms. The number of hydrogen-bond donors (Lipinski definition) is 2. The second-order valence-corrected chi connectivity index (χ2v) is 7.69. The van der Waals surface area contributed by atoms with Gasteiger partial charge in [-0.05, 0) is 12.2 Å². The highest BCUT2D eigenvalue weighted by atomic mass is 32.2. The molecule has 0 aromatic carbocycles. The Morgan fingerprint density at radius 3 is 2.95 bits per heavy atom. The number of nitrogens with one attached hydrogen (secondary N) is 1. The number of hydrogen-bond acceptors (Lipinski definition) is 7. The van der Waals surface area contributed by atoms with Gasteiger partial charge in [0, 0.05) is 42.9 Å². The summed E-state index contributed by atoms with van der Waals surface area (Å²) in [6.07, 6.45) is 1.11. The van der Waals surface area contributed by atoms with Crippen molar-refractivity contribution in [3.05, 3.63) is 16.1 Å². The molecule has 3 N–H and O–H groups in total. The summed E-state index contributed by atoms with van der Waals surface area (Å²) in [7, 11) is 0. The Kier molecular flexibility index (Phi) is 5.35. The first kappa shape index (κ1) is 16.2. The van der Waals surface area contributed by atoms with E-state index in [1.165, 1.54) is 11.3 Å². The quantitative estimate of drug-likeness (QED) is 0.813. The van der Waals surface area contributed by atoms with Crippen LogP contribution in [0.5, 0.6) is 0 Å². The SMILES string of the molecule is NCc1nc(C(=O)NCC2(N3CCOCC3)CCSC2)cs1. The van der Waals surface area contributed by atoms with E-state index in [0.29, 0.717) is 18.8 Å². The van der Waals surface area contributed by atoms with Crippen molar-refractivity contribution >= 4 is 29.0 Å². The minimum Gasteiger partial charge on any atom is -0.379 e. The van der Waals surface area contributed by atoms with Crippen LogP contribution in [0.15, 0.2) is 5.38 Å². The molecule has 1 unspecified atom stereocenters. The predicted octanol–water partition coefficient (Wildman–Crippen LogP) is 0.539. The molecule has 1 aromatic rings. The highest BCUT2D eigenvalue weighted by Crippen LogP contribution is 2.33. The van der Waals surface area contributed by atoms with E-state index in [-0.39, 0.29) is 11.4 Å². The summed E-state index contributed by atoms with van der Waals surface area (Å²) >= 11 is 3.40. The van der Waals surface area contributed by atoms with Gasteiger partial charge in [-0.2, -0.15) is 11.8 Å². The third-order valence-corrected chi connectivity index (χ3v) is 6.41. The predicted molar refractivity (Wildman–Crippen MR) is 89.4 cm³/mol. The number of thioether (sulfide) groups is 1. The maximum atomic E-state index is 12.3. The highest BCUT2D eigenvalue weighted by molar-refractivity contribution is 7.99. The number of thiazole rings is 1. The fraction of sp³-hybridized carbons (Fsp3) is 0.714. The van der Waals surface area contributed by atoms with Crippen molar-refractivity contribution < 1.29 is 9.53 Å². The van der Waals surface area contributed by atoms with Crippen molar-refractivity contribution in [2.45, 2.75) is 18.5 Å². The van der Waals surface area contributed by atoms with Gasteiger partial charge in [0.2, 0.25) is 0 Å². The van der Waals surface area contributed by atoms with Crippen LogP contribution in [0.4, 0.5) is 0 Å². The van der Waals surface area contributed by atoms with Gasteiger partial charge in [0.25, 0.3) is 5.91 Å². The van der Waals surface area contributed by atoms with Crippen LogP contribution in [-0.4, -0.2) is 65.7 Å². The largest absolute Gasteiger partial charge is 0.379 e. The van der Waals surface area contributed by atoms with Crippen LogP contribution in [0, 0.1) is 0 Å². The Labute approximate surface area is 138 Å². The monoisotopic (exact) mass is 342 g/mol. The Morgan fingerprint density at radius 1 is 1.50 bits per heavy atom. The van der Waals surface area contributed by atoms with E-state index in [4.69, 9.17) is 10.5 Å². The van der Waals surface area contributed by atoms with Crippen molar-refractivity contribution in [3.63, 3.8) is 0 Å². The van der Waals surface area contributed by atoms with Crippen LogP contribution in [0.25, 0.3) is 0 Å². The maximum absolute atomic E-state index is 12.3. The molecule has 0 radical (unpaired) electrons. The maximum Gasteiger partial charge on any atom is 0.270 e. The van der Waals surface area contributed by atoms with Crippen molar-refractivity contribution in [2.24, 2.45) is 5.73 Å². The molecule has 0 spiro atoms. The van der Waals surface area contributed by atoms with Crippen LogP contribution in [0.3, 0.4) is 0 Å². The van der Waals surface area contributed by atoms with Gasteiger partial charge < -0.3 is 15.8 Å². The van der Waals surface area contributed by atoms with Gasteiger partial charge in [-0.15, -0.1) is 11.3 Å². The van der Waals surface area contributed by atoms with E-state index in [0.717, 1.165) is 49.2 Å². The lowest BCUT2D eigenvalue weighted by atomic mass is 9.95. The summed E-state index contributed by atoms with van der Waals surface area (Å²) in [4.78, 5) is 19.0. The van der Waals surface area contributed by atoms with Crippen LogP contribution in [0.2, 0.25) is 0 Å². The number of rotatable bonds is 5. The van der Waals surface area contributed by atoms with Crippen molar-refractivity contribution in [1.29, 1.82) is 0 Å². The number of nitrogens with two attached hydrogens (primary N) is 1. The molecule has 1 amide bonds. The summed E-state index contributed by atoms with van der Waals surface area (Å²) < 4.78 is 5.46. The van der Waals surface area contributed by atoms with Gasteiger partial charge >= 0.3 is 0 Å². The molecular formula is C14H22N4O2S2. The normalized spacial score (nSPS) is 26.2. The zero-order valence-electron chi connectivity index (χ0n) is 12.5. The number of nitrogens with zero attached hydrogens (tertiary/aromatic N) is 2. The molecule has 2 fully saturated rings. The molecular weight excluding hydrogens is 320 g/mol. The molecule has 3 rings (SSSR count). The molecule has 1 aromatic heterocycles. The first-order valence-corrected chi connectivity index (χ1v) is 9.60. The number of amides is 1. The minimum atomic E-state index is -0.0968. The average Bonchev–Trinajstić information content (AvgIpc) is 3.23. The lowest BCUT2D eigenvalue weighted by Crippen LogP contribution is -2.59. The highest BCUT2D eigenvalue weighted by Gasteiger charge is 2.40. The van der Waals surface area contributed by atoms with Crippen molar-refractivity contribution in [3.8, 4) is 0 Å². The van der Waals surface area contributed by atoms with E-state index in [2.05, 4.69) is 15.2 Å². The standard InChI is InChI=1S/C14H22N4O2S2/c15-7-12-17-11(8-22-12)13(19)16-9-14(1-6-21-10-14)18-2-4-20-5-3-18/h8H,1-7,9-10,15H2,(H,16,19). The molecule has 0 saturated carbocycles. The summed E-state index contributed by atoms with van der Waals surface area (Å²) in [6.45, 7) is 4.52. The first-order valence-electron chi connectivity index (χ1n) is 7.57. The van der Waals surface area contributed by atoms with E-state index < -0.39 is 0 Å². The molecule has 0 bridgehead atoms. The fourth-order valence-electron chi connectivity index (χ4n) is 2.98. The summed E-state index contributed by atoms with van der Waals surface area (Å²) in [5.74, 6) is 2.13. The van der Waals surface area contributed by atoms with Crippen LogP contribution >= 0.6 is 23.1 Å². The minimum absolute atomic E-state index is 0.0663. The summed E-state index contributed by atoms with van der Waals surface area (Å²) in [5.41, 5.74) is 6.10. The lowest BCUT2D eigenvalue weighted by molar-refractivity contribution is -0.0129. The van der Waals surface area contributed by atoms with E-state index in [1.807, 2.05) is 11.8 Å². The Morgan fingerprint density at radius 2 is 2.32 bits per heavy atom. The topological polar surface area (TPSA) is 80.5 Å². The number of aromatic nitrogens is 1. The van der Waals surface area contributed by atoms with Crippen LogP contribution in [0.1, 0.15) is 21.9 Å². The lowest BCUT2D eigenvalue weighted by Gasteiger charge is -2.43. The van der Waals surface area contributed by atoms with Gasteiger partial charge in [0.1, 0.15) is 10.7 Å². The van der Waals surface area contributed by atoms with Gasteiger partial charge in [-0.25, -0.2) is 4.98 Å². The zero-order chi connectivity index (χ0) is 15.4. The van der Waals surface area contributed by atoms with Gasteiger partial charge in [0.15, 0.2) is 0 Å². The third-order valence-electron chi connectivity index (χ3n) is 4.30. The number of morpholine rings is 1. The molecule has 6 nitrogen and oxygen atoms in total. The van der Waals surface area contributed by atoms with Gasteiger partial charge in [0.05, 0.1) is 13.2 Å². The fourth-order valence-corrected chi connectivity index (χ4v) is 5.11. The second kappa shape index (κ2) is 7.27. The molecule has 3 heterocycles. The van der Waals surface area contributed by atoms with Gasteiger partial charge in [-0.1, -0.05) is 0 Å². The Bertz CT molecular complexity index is 511. The van der Waals surface area contributed by atoms with Crippen LogP contribution in [-0.2, 0) is 11.3 Å². The number of carbonyl (C=O) groups excluding carboxylic acids is 1. The molecule has 122 valence electrons. The molecule has 1 atom stereocenters. The zero-order valence-corrected chi connectivity index (χ0v) is 14.2. The smallest absolute Gasteiger partial charge is 0.270 e. The number of carbonyl (C=O) groups is 1. The van der Waals surface area contributed by atoms with Gasteiger partial charge in [-0.3, -0.25) is 9.69 Å². The van der Waals surface area contributed by atoms with E-state index >= 15 is 0 Å². The van der Waals surface area contributed by atoms with E-state index in [9.17, 15) is 4.79 Å². The average molecular weight is 342 g/mol. The Hall–Kier alpha value is -0.670.